The molecular weight excluding hydrogens is 314 g/mol. The van der Waals surface area contributed by atoms with Crippen LogP contribution in [-0.4, -0.2) is 18.4 Å². The first-order valence-corrected chi connectivity index (χ1v) is 7.50. The number of amides is 2. The Hall–Kier alpha value is -2.53. The number of halogens is 1. The molecule has 5 nitrogen and oxygen atoms in total. The predicted octanol–water partition coefficient (Wildman–Crippen LogP) is 3.66. The van der Waals surface area contributed by atoms with Crippen LogP contribution in [0.4, 0.5) is 17.1 Å². The average Bonchev–Trinajstić information content (AvgIpc) is 2.50. The highest BCUT2D eigenvalue weighted by molar-refractivity contribution is 6.31. The molecule has 0 spiro atoms. The first-order valence-electron chi connectivity index (χ1n) is 7.12. The van der Waals surface area contributed by atoms with Crippen LogP contribution in [0.1, 0.15) is 12.5 Å². The lowest BCUT2D eigenvalue weighted by Crippen LogP contribution is -2.22. The second-order valence-electron chi connectivity index (χ2n) is 5.08. The lowest BCUT2D eigenvalue weighted by molar-refractivity contribution is -0.115. The Morgan fingerprint density at radius 2 is 1.74 bits per heavy atom. The molecular formula is C17H18ClN3O2. The summed E-state index contributed by atoms with van der Waals surface area (Å²) in [6.07, 6.45) is 0. The summed E-state index contributed by atoms with van der Waals surface area (Å²) >= 11 is 6.03. The van der Waals surface area contributed by atoms with E-state index in [-0.39, 0.29) is 18.4 Å². The van der Waals surface area contributed by atoms with Gasteiger partial charge in [-0.25, -0.2) is 0 Å². The van der Waals surface area contributed by atoms with Gasteiger partial charge in [-0.1, -0.05) is 23.7 Å². The number of carbonyl (C=O) groups is 2. The third-order valence-electron chi connectivity index (χ3n) is 3.18. The molecule has 0 aliphatic heterocycles. The fourth-order valence-electron chi connectivity index (χ4n) is 2.03. The van der Waals surface area contributed by atoms with Gasteiger partial charge in [-0.15, -0.1) is 0 Å². The summed E-state index contributed by atoms with van der Waals surface area (Å²) in [7, 11) is 0. The fraction of sp³-hybridized carbons (Fsp3) is 0.176. The second kappa shape index (κ2) is 7.65. The van der Waals surface area contributed by atoms with E-state index in [1.807, 2.05) is 13.0 Å². The summed E-state index contributed by atoms with van der Waals surface area (Å²) in [5.41, 5.74) is 2.94. The molecule has 0 atom stereocenters. The minimum Gasteiger partial charge on any atom is -0.376 e. The molecule has 6 heteroatoms. The van der Waals surface area contributed by atoms with Crippen LogP contribution in [0.15, 0.2) is 42.5 Å². The molecule has 0 aliphatic rings. The van der Waals surface area contributed by atoms with Gasteiger partial charge in [0.15, 0.2) is 0 Å². The summed E-state index contributed by atoms with van der Waals surface area (Å²) in [5, 5.41) is 9.13. The van der Waals surface area contributed by atoms with Gasteiger partial charge in [-0.3, -0.25) is 9.59 Å². The molecule has 2 rings (SSSR count). The van der Waals surface area contributed by atoms with Gasteiger partial charge in [0.25, 0.3) is 0 Å². The van der Waals surface area contributed by atoms with E-state index in [4.69, 9.17) is 11.6 Å². The van der Waals surface area contributed by atoms with E-state index in [1.165, 1.54) is 6.92 Å². The van der Waals surface area contributed by atoms with E-state index in [9.17, 15) is 9.59 Å². The van der Waals surface area contributed by atoms with E-state index in [2.05, 4.69) is 16.0 Å². The molecule has 2 aromatic rings. The Morgan fingerprint density at radius 1 is 1.04 bits per heavy atom. The van der Waals surface area contributed by atoms with E-state index < -0.39 is 0 Å². The average molecular weight is 332 g/mol. The smallest absolute Gasteiger partial charge is 0.243 e. The molecule has 2 amide bonds. The standard InChI is InChI=1S/C17H18ClN3O2/c1-11-15(18)7-4-8-16(11)21-17(23)10-19-13-5-3-6-14(9-13)20-12(2)22/h3-9,19H,10H2,1-2H3,(H,20,22)(H,21,23). The van der Waals surface area contributed by atoms with Crippen molar-refractivity contribution in [1.82, 2.24) is 0 Å². The second-order valence-corrected chi connectivity index (χ2v) is 5.48. The Morgan fingerprint density at radius 3 is 2.48 bits per heavy atom. The normalized spacial score (nSPS) is 10.0. The number of hydrogen-bond donors (Lipinski definition) is 3. The van der Waals surface area contributed by atoms with Gasteiger partial charge < -0.3 is 16.0 Å². The van der Waals surface area contributed by atoms with Crippen LogP contribution < -0.4 is 16.0 Å². The van der Waals surface area contributed by atoms with Crippen molar-refractivity contribution in [2.24, 2.45) is 0 Å². The van der Waals surface area contributed by atoms with Gasteiger partial charge in [0.2, 0.25) is 11.8 Å². The first-order chi connectivity index (χ1) is 11.0. The molecule has 0 saturated heterocycles. The van der Waals surface area contributed by atoms with E-state index in [0.29, 0.717) is 16.4 Å². The van der Waals surface area contributed by atoms with Crippen molar-refractivity contribution < 1.29 is 9.59 Å². The lowest BCUT2D eigenvalue weighted by atomic mass is 10.2. The van der Waals surface area contributed by atoms with Crippen molar-refractivity contribution in [3.63, 3.8) is 0 Å². The van der Waals surface area contributed by atoms with Gasteiger partial charge in [-0.05, 0) is 42.8 Å². The SMILES string of the molecule is CC(=O)Nc1cccc(NCC(=O)Nc2cccc(Cl)c2C)c1. The van der Waals surface area contributed by atoms with Crippen molar-refractivity contribution in [3.05, 3.63) is 53.1 Å². The highest BCUT2D eigenvalue weighted by atomic mass is 35.5. The molecule has 2 aromatic carbocycles. The van der Waals surface area contributed by atoms with Crippen molar-refractivity contribution in [2.75, 3.05) is 22.5 Å². The van der Waals surface area contributed by atoms with Crippen molar-refractivity contribution >= 4 is 40.5 Å². The zero-order valence-corrected chi connectivity index (χ0v) is 13.7. The van der Waals surface area contributed by atoms with Crippen LogP contribution in [-0.2, 0) is 9.59 Å². The maximum atomic E-state index is 12.0. The van der Waals surface area contributed by atoms with Crippen LogP contribution in [0.2, 0.25) is 5.02 Å². The molecule has 0 heterocycles. The number of benzene rings is 2. The Kier molecular flexibility index (Phi) is 5.60. The predicted molar refractivity (Wildman–Crippen MR) is 94.1 cm³/mol. The number of carbonyl (C=O) groups excluding carboxylic acids is 2. The zero-order chi connectivity index (χ0) is 16.8. The third kappa shape index (κ3) is 5.00. The summed E-state index contributed by atoms with van der Waals surface area (Å²) in [5.74, 6) is -0.323. The number of anilines is 3. The third-order valence-corrected chi connectivity index (χ3v) is 3.59. The molecule has 0 fully saturated rings. The van der Waals surface area contributed by atoms with Gasteiger partial charge >= 0.3 is 0 Å². The molecule has 0 aliphatic carbocycles. The molecule has 0 bridgehead atoms. The van der Waals surface area contributed by atoms with Crippen molar-refractivity contribution in [2.45, 2.75) is 13.8 Å². The van der Waals surface area contributed by atoms with Crippen LogP contribution in [0.3, 0.4) is 0 Å². The quantitative estimate of drug-likeness (QED) is 0.783. The van der Waals surface area contributed by atoms with E-state index >= 15 is 0 Å². The molecule has 0 saturated carbocycles. The monoisotopic (exact) mass is 331 g/mol. The van der Waals surface area contributed by atoms with Crippen LogP contribution in [0.25, 0.3) is 0 Å². The summed E-state index contributed by atoms with van der Waals surface area (Å²) in [4.78, 5) is 23.1. The summed E-state index contributed by atoms with van der Waals surface area (Å²) < 4.78 is 0. The Labute approximate surface area is 140 Å². The largest absolute Gasteiger partial charge is 0.376 e. The summed E-state index contributed by atoms with van der Waals surface area (Å²) in [6, 6.07) is 12.5. The molecule has 0 radical (unpaired) electrons. The molecule has 120 valence electrons. The van der Waals surface area contributed by atoms with Crippen molar-refractivity contribution in [3.8, 4) is 0 Å². The Bertz CT molecular complexity index is 732. The van der Waals surface area contributed by atoms with Crippen LogP contribution >= 0.6 is 11.6 Å². The van der Waals surface area contributed by atoms with E-state index in [0.717, 1.165) is 11.3 Å². The molecule has 0 aromatic heterocycles. The van der Waals surface area contributed by atoms with E-state index in [1.54, 1.807) is 36.4 Å². The molecule has 3 N–H and O–H groups in total. The van der Waals surface area contributed by atoms with Crippen LogP contribution in [0, 0.1) is 6.92 Å². The number of rotatable bonds is 5. The number of hydrogen-bond acceptors (Lipinski definition) is 3. The lowest BCUT2D eigenvalue weighted by Gasteiger charge is -2.11. The Balaban J connectivity index is 1.94. The zero-order valence-electron chi connectivity index (χ0n) is 12.9. The van der Waals surface area contributed by atoms with Gasteiger partial charge in [0, 0.05) is 29.0 Å². The van der Waals surface area contributed by atoms with Gasteiger partial charge in [0.05, 0.1) is 6.54 Å². The maximum Gasteiger partial charge on any atom is 0.243 e. The van der Waals surface area contributed by atoms with Crippen molar-refractivity contribution in [1.29, 1.82) is 0 Å². The number of nitrogens with one attached hydrogen (secondary N) is 3. The fourth-order valence-corrected chi connectivity index (χ4v) is 2.20. The topological polar surface area (TPSA) is 70.2 Å². The highest BCUT2D eigenvalue weighted by Crippen LogP contribution is 2.22. The van der Waals surface area contributed by atoms with Crippen LogP contribution in [0.5, 0.6) is 0 Å². The summed E-state index contributed by atoms with van der Waals surface area (Å²) in [6.45, 7) is 3.40. The van der Waals surface area contributed by atoms with Gasteiger partial charge in [-0.2, -0.15) is 0 Å². The molecule has 23 heavy (non-hydrogen) atoms. The molecule has 0 unspecified atom stereocenters. The highest BCUT2D eigenvalue weighted by Gasteiger charge is 2.07. The maximum absolute atomic E-state index is 12.0. The first kappa shape index (κ1) is 16.8. The minimum atomic E-state index is -0.180. The van der Waals surface area contributed by atoms with Gasteiger partial charge in [0.1, 0.15) is 0 Å². The minimum absolute atomic E-state index is 0.107.